The number of nitrogens with zero attached hydrogens (tertiary/aromatic N) is 3. The van der Waals surface area contributed by atoms with Crippen LogP contribution in [0.15, 0.2) is 12.4 Å². The molecule has 0 spiro atoms. The molecule has 114 valence electrons. The number of aromatic nitrogens is 2. The molecule has 1 aliphatic heterocycles. The number of hydrogen-bond acceptors (Lipinski definition) is 3. The standard InChI is InChI=1S/C16H30N4/c1-5-16-9-17-15(7-13(3)4)12-19(16)10-14-8-18-20(6-2)11-14/h8,11,13,15-17H,5-7,9-10,12H2,1-4H3. The molecule has 2 rings (SSSR count). The van der Waals surface area contributed by atoms with Crippen LogP contribution in [0.4, 0.5) is 0 Å². The van der Waals surface area contributed by atoms with Crippen LogP contribution in [0.5, 0.6) is 0 Å². The Kier molecular flexibility index (Phi) is 5.61. The molecule has 0 aliphatic carbocycles. The average molecular weight is 278 g/mol. The summed E-state index contributed by atoms with van der Waals surface area (Å²) in [5.74, 6) is 0.760. The third kappa shape index (κ3) is 4.06. The van der Waals surface area contributed by atoms with E-state index in [2.05, 4.69) is 49.2 Å². The summed E-state index contributed by atoms with van der Waals surface area (Å²) in [7, 11) is 0. The lowest BCUT2D eigenvalue weighted by molar-refractivity contribution is 0.111. The molecule has 1 saturated heterocycles. The first-order valence-corrected chi connectivity index (χ1v) is 8.11. The topological polar surface area (TPSA) is 33.1 Å². The lowest BCUT2D eigenvalue weighted by Crippen LogP contribution is -2.56. The summed E-state index contributed by atoms with van der Waals surface area (Å²) >= 11 is 0. The molecule has 2 heterocycles. The van der Waals surface area contributed by atoms with Gasteiger partial charge in [0.1, 0.15) is 0 Å². The first-order chi connectivity index (χ1) is 9.62. The zero-order valence-corrected chi connectivity index (χ0v) is 13.5. The number of aryl methyl sites for hydroxylation is 1. The molecule has 4 nitrogen and oxygen atoms in total. The summed E-state index contributed by atoms with van der Waals surface area (Å²) in [4.78, 5) is 2.64. The molecule has 0 saturated carbocycles. The van der Waals surface area contributed by atoms with Crippen molar-refractivity contribution >= 4 is 0 Å². The third-order valence-electron chi connectivity index (χ3n) is 4.24. The molecule has 1 N–H and O–H groups in total. The van der Waals surface area contributed by atoms with Gasteiger partial charge in [0, 0.05) is 50.0 Å². The van der Waals surface area contributed by atoms with E-state index in [0.29, 0.717) is 12.1 Å². The Morgan fingerprint density at radius 3 is 2.80 bits per heavy atom. The van der Waals surface area contributed by atoms with E-state index < -0.39 is 0 Å². The van der Waals surface area contributed by atoms with Crippen LogP contribution in [0.2, 0.25) is 0 Å². The van der Waals surface area contributed by atoms with E-state index in [4.69, 9.17) is 0 Å². The van der Waals surface area contributed by atoms with Gasteiger partial charge in [-0.05, 0) is 25.7 Å². The lowest BCUT2D eigenvalue weighted by atomic mass is 9.98. The van der Waals surface area contributed by atoms with Crippen LogP contribution in [0.1, 0.15) is 46.1 Å². The first-order valence-electron chi connectivity index (χ1n) is 8.11. The van der Waals surface area contributed by atoms with E-state index in [1.54, 1.807) is 0 Å². The van der Waals surface area contributed by atoms with Gasteiger partial charge in [-0.15, -0.1) is 0 Å². The van der Waals surface area contributed by atoms with Gasteiger partial charge in [-0.2, -0.15) is 5.10 Å². The Hall–Kier alpha value is -0.870. The molecular weight excluding hydrogens is 248 g/mol. The van der Waals surface area contributed by atoms with Crippen molar-refractivity contribution in [3.8, 4) is 0 Å². The molecule has 2 atom stereocenters. The molecule has 0 bridgehead atoms. The highest BCUT2D eigenvalue weighted by Crippen LogP contribution is 2.17. The molecular formula is C16H30N4. The van der Waals surface area contributed by atoms with Gasteiger partial charge in [-0.25, -0.2) is 0 Å². The second kappa shape index (κ2) is 7.23. The van der Waals surface area contributed by atoms with Crippen molar-refractivity contribution in [2.45, 2.75) is 65.7 Å². The second-order valence-electron chi connectivity index (χ2n) is 6.43. The van der Waals surface area contributed by atoms with E-state index in [-0.39, 0.29) is 0 Å². The molecule has 0 aromatic carbocycles. The van der Waals surface area contributed by atoms with Gasteiger partial charge in [-0.3, -0.25) is 9.58 Å². The minimum Gasteiger partial charge on any atom is -0.311 e. The van der Waals surface area contributed by atoms with Gasteiger partial charge in [0.05, 0.1) is 6.20 Å². The summed E-state index contributed by atoms with van der Waals surface area (Å²) in [6.07, 6.45) is 6.69. The minimum absolute atomic E-state index is 0.638. The van der Waals surface area contributed by atoms with Crippen molar-refractivity contribution in [3.05, 3.63) is 18.0 Å². The van der Waals surface area contributed by atoms with Gasteiger partial charge in [0.25, 0.3) is 0 Å². The highest BCUT2D eigenvalue weighted by molar-refractivity contribution is 5.05. The number of nitrogens with one attached hydrogen (secondary N) is 1. The second-order valence-corrected chi connectivity index (χ2v) is 6.43. The SMILES string of the molecule is CCC1CNC(CC(C)C)CN1Cc1cnn(CC)c1. The number of piperazine rings is 1. The summed E-state index contributed by atoms with van der Waals surface area (Å²) in [6.45, 7) is 13.3. The van der Waals surface area contributed by atoms with Gasteiger partial charge in [0.15, 0.2) is 0 Å². The van der Waals surface area contributed by atoms with E-state index in [0.717, 1.165) is 32.1 Å². The van der Waals surface area contributed by atoms with Crippen molar-refractivity contribution in [2.24, 2.45) is 5.92 Å². The summed E-state index contributed by atoms with van der Waals surface area (Å²) < 4.78 is 2.02. The van der Waals surface area contributed by atoms with Gasteiger partial charge < -0.3 is 5.32 Å². The largest absolute Gasteiger partial charge is 0.311 e. The van der Waals surface area contributed by atoms with Crippen molar-refractivity contribution in [3.63, 3.8) is 0 Å². The monoisotopic (exact) mass is 278 g/mol. The first kappa shape index (κ1) is 15.5. The Morgan fingerprint density at radius 2 is 2.20 bits per heavy atom. The fourth-order valence-corrected chi connectivity index (χ4v) is 3.15. The van der Waals surface area contributed by atoms with Crippen molar-refractivity contribution < 1.29 is 0 Å². The molecule has 4 heteroatoms. The smallest absolute Gasteiger partial charge is 0.0534 e. The zero-order valence-electron chi connectivity index (χ0n) is 13.5. The predicted molar refractivity (Wildman–Crippen MR) is 83.6 cm³/mol. The van der Waals surface area contributed by atoms with Crippen molar-refractivity contribution in [2.75, 3.05) is 13.1 Å². The van der Waals surface area contributed by atoms with Crippen LogP contribution in [-0.4, -0.2) is 39.9 Å². The maximum absolute atomic E-state index is 4.39. The summed E-state index contributed by atoms with van der Waals surface area (Å²) in [6, 6.07) is 1.29. The van der Waals surface area contributed by atoms with Crippen LogP contribution in [-0.2, 0) is 13.1 Å². The van der Waals surface area contributed by atoms with Crippen LogP contribution in [0.3, 0.4) is 0 Å². The van der Waals surface area contributed by atoms with Crippen LogP contribution in [0.25, 0.3) is 0 Å². The molecule has 1 aliphatic rings. The summed E-state index contributed by atoms with van der Waals surface area (Å²) in [5, 5.41) is 8.11. The van der Waals surface area contributed by atoms with Crippen LogP contribution in [0, 0.1) is 5.92 Å². The van der Waals surface area contributed by atoms with E-state index in [1.807, 2.05) is 10.9 Å². The van der Waals surface area contributed by atoms with Gasteiger partial charge >= 0.3 is 0 Å². The molecule has 1 aromatic heterocycles. The van der Waals surface area contributed by atoms with Crippen molar-refractivity contribution in [1.29, 1.82) is 0 Å². The summed E-state index contributed by atoms with van der Waals surface area (Å²) in [5.41, 5.74) is 1.34. The molecule has 2 unspecified atom stereocenters. The maximum Gasteiger partial charge on any atom is 0.0534 e. The predicted octanol–water partition coefficient (Wildman–Crippen LogP) is 2.50. The molecule has 20 heavy (non-hydrogen) atoms. The Labute approximate surface area is 123 Å². The highest BCUT2D eigenvalue weighted by atomic mass is 15.3. The molecule has 1 aromatic rings. The third-order valence-corrected chi connectivity index (χ3v) is 4.24. The van der Waals surface area contributed by atoms with E-state index >= 15 is 0 Å². The van der Waals surface area contributed by atoms with E-state index in [9.17, 15) is 0 Å². The number of hydrogen-bond donors (Lipinski definition) is 1. The molecule has 0 amide bonds. The fourth-order valence-electron chi connectivity index (χ4n) is 3.15. The maximum atomic E-state index is 4.39. The molecule has 0 radical (unpaired) electrons. The normalized spacial score (nSPS) is 24.4. The fraction of sp³-hybridized carbons (Fsp3) is 0.812. The Bertz CT molecular complexity index is 399. The quantitative estimate of drug-likeness (QED) is 0.868. The van der Waals surface area contributed by atoms with E-state index in [1.165, 1.54) is 18.4 Å². The Morgan fingerprint density at radius 1 is 1.40 bits per heavy atom. The lowest BCUT2D eigenvalue weighted by Gasteiger charge is -2.40. The minimum atomic E-state index is 0.638. The highest BCUT2D eigenvalue weighted by Gasteiger charge is 2.27. The van der Waals surface area contributed by atoms with Crippen LogP contribution < -0.4 is 5.32 Å². The zero-order chi connectivity index (χ0) is 14.5. The Balaban J connectivity index is 1.97. The number of rotatable bonds is 6. The van der Waals surface area contributed by atoms with Crippen LogP contribution >= 0.6 is 0 Å². The molecule has 1 fully saturated rings. The van der Waals surface area contributed by atoms with Gasteiger partial charge in [-0.1, -0.05) is 20.8 Å². The average Bonchev–Trinajstić information content (AvgIpc) is 2.86. The van der Waals surface area contributed by atoms with Gasteiger partial charge in [0.2, 0.25) is 0 Å². The van der Waals surface area contributed by atoms with Crippen molar-refractivity contribution in [1.82, 2.24) is 20.0 Å².